The van der Waals surface area contributed by atoms with Crippen LogP contribution in [0.3, 0.4) is 0 Å². The van der Waals surface area contributed by atoms with Gasteiger partial charge in [0.25, 0.3) is 0 Å². The molecule has 0 fully saturated rings. The summed E-state index contributed by atoms with van der Waals surface area (Å²) in [6.45, 7) is 2.32. The molecule has 0 bridgehead atoms. The van der Waals surface area contributed by atoms with E-state index in [0.29, 0.717) is 12.3 Å². The van der Waals surface area contributed by atoms with Crippen LogP contribution in [0, 0.1) is 12.7 Å². The summed E-state index contributed by atoms with van der Waals surface area (Å²) in [5.74, 6) is 0.400. The molecule has 2 N–H and O–H groups in total. The second-order valence-electron chi connectivity index (χ2n) is 4.07. The van der Waals surface area contributed by atoms with Crippen LogP contribution >= 0.6 is 15.9 Å². The van der Waals surface area contributed by atoms with Gasteiger partial charge in [-0.15, -0.1) is 0 Å². The summed E-state index contributed by atoms with van der Waals surface area (Å²) < 4.78 is 19.4. The number of benzene rings is 2. The topological polar surface area (TPSA) is 35.2 Å². The molecule has 2 aromatic carbocycles. The van der Waals surface area contributed by atoms with E-state index in [1.807, 2.05) is 25.1 Å². The number of nitrogen functional groups attached to an aromatic ring is 1. The molecule has 0 aliphatic rings. The van der Waals surface area contributed by atoms with Gasteiger partial charge >= 0.3 is 0 Å². The fourth-order valence-electron chi connectivity index (χ4n) is 1.58. The lowest BCUT2D eigenvalue weighted by molar-refractivity contribution is 0.304. The zero-order chi connectivity index (χ0) is 13.1. The number of halogens is 2. The zero-order valence-electron chi connectivity index (χ0n) is 9.91. The number of hydrogen-bond donors (Lipinski definition) is 1. The highest BCUT2D eigenvalue weighted by Gasteiger charge is 2.04. The number of nitrogens with two attached hydrogens (primary N) is 1. The van der Waals surface area contributed by atoms with Crippen molar-refractivity contribution in [3.63, 3.8) is 0 Å². The van der Waals surface area contributed by atoms with E-state index in [1.165, 1.54) is 12.1 Å². The first-order valence-electron chi connectivity index (χ1n) is 5.49. The number of rotatable bonds is 3. The molecule has 0 amide bonds. The van der Waals surface area contributed by atoms with Crippen molar-refractivity contribution in [1.82, 2.24) is 0 Å². The first-order valence-corrected chi connectivity index (χ1v) is 6.28. The quantitative estimate of drug-likeness (QED) is 0.868. The van der Waals surface area contributed by atoms with E-state index in [4.69, 9.17) is 10.5 Å². The fourth-order valence-corrected chi connectivity index (χ4v) is 2.18. The van der Waals surface area contributed by atoms with Crippen LogP contribution in [0.15, 0.2) is 40.9 Å². The summed E-state index contributed by atoms with van der Waals surface area (Å²) in [5.41, 5.74) is 8.03. The number of aryl methyl sites for hydroxylation is 1. The first kappa shape index (κ1) is 12.9. The van der Waals surface area contributed by atoms with Gasteiger partial charge in [0.15, 0.2) is 0 Å². The van der Waals surface area contributed by atoms with Crippen molar-refractivity contribution in [3.05, 3.63) is 57.8 Å². The molecular weight excluding hydrogens is 297 g/mol. The lowest BCUT2D eigenvalue weighted by Crippen LogP contribution is -2.01. The minimum absolute atomic E-state index is 0.313. The van der Waals surface area contributed by atoms with Gasteiger partial charge in [-0.25, -0.2) is 4.39 Å². The van der Waals surface area contributed by atoms with Crippen molar-refractivity contribution >= 4 is 21.6 Å². The molecule has 2 nitrogen and oxygen atoms in total. The number of hydrogen-bond acceptors (Lipinski definition) is 2. The Hall–Kier alpha value is -1.55. The van der Waals surface area contributed by atoms with Crippen LogP contribution < -0.4 is 10.5 Å². The Morgan fingerprint density at radius 3 is 2.67 bits per heavy atom. The Kier molecular flexibility index (Phi) is 3.87. The third-order valence-corrected chi connectivity index (χ3v) is 3.20. The summed E-state index contributed by atoms with van der Waals surface area (Å²) in [4.78, 5) is 0. The van der Waals surface area contributed by atoms with E-state index in [9.17, 15) is 4.39 Å². The van der Waals surface area contributed by atoms with Crippen LogP contribution in [-0.2, 0) is 6.61 Å². The summed E-state index contributed by atoms with van der Waals surface area (Å²) >= 11 is 3.43. The predicted molar refractivity (Wildman–Crippen MR) is 74.0 cm³/mol. The van der Waals surface area contributed by atoms with Gasteiger partial charge in [0, 0.05) is 11.3 Å². The van der Waals surface area contributed by atoms with E-state index in [1.54, 1.807) is 6.07 Å². The monoisotopic (exact) mass is 309 g/mol. The van der Waals surface area contributed by atoms with Crippen LogP contribution in [0.5, 0.6) is 5.75 Å². The molecule has 0 aliphatic heterocycles. The summed E-state index contributed by atoms with van der Waals surface area (Å²) in [7, 11) is 0. The van der Waals surface area contributed by atoms with Crippen LogP contribution in [-0.4, -0.2) is 0 Å². The van der Waals surface area contributed by atoms with Crippen molar-refractivity contribution in [1.29, 1.82) is 0 Å². The lowest BCUT2D eigenvalue weighted by atomic mass is 10.2. The van der Waals surface area contributed by atoms with Crippen molar-refractivity contribution in [2.45, 2.75) is 13.5 Å². The summed E-state index contributed by atoms with van der Waals surface area (Å²) in [6, 6.07) is 10.1. The van der Waals surface area contributed by atoms with Gasteiger partial charge in [0.05, 0.1) is 4.47 Å². The maximum Gasteiger partial charge on any atom is 0.134 e. The Labute approximate surface area is 114 Å². The number of ether oxygens (including phenoxy) is 1. The van der Waals surface area contributed by atoms with Gasteiger partial charge in [-0.3, -0.25) is 0 Å². The molecule has 4 heteroatoms. The smallest absolute Gasteiger partial charge is 0.134 e. The van der Waals surface area contributed by atoms with Gasteiger partial charge < -0.3 is 10.5 Å². The molecule has 0 saturated carbocycles. The highest BCUT2D eigenvalue weighted by molar-refractivity contribution is 9.10. The van der Waals surface area contributed by atoms with Crippen LogP contribution in [0.25, 0.3) is 0 Å². The summed E-state index contributed by atoms with van der Waals surface area (Å²) in [6.07, 6.45) is 0. The van der Waals surface area contributed by atoms with E-state index in [-0.39, 0.29) is 5.82 Å². The largest absolute Gasteiger partial charge is 0.488 e. The second kappa shape index (κ2) is 5.40. The van der Waals surface area contributed by atoms with Crippen LogP contribution in [0.4, 0.5) is 10.1 Å². The lowest BCUT2D eigenvalue weighted by Gasteiger charge is -2.10. The molecule has 0 aromatic heterocycles. The minimum atomic E-state index is -0.340. The predicted octanol–water partition coefficient (Wildman–Crippen LogP) is 4.06. The van der Waals surface area contributed by atoms with Crippen LogP contribution in [0.2, 0.25) is 0 Å². The van der Waals surface area contributed by atoms with Gasteiger partial charge in [0.2, 0.25) is 0 Å². The molecule has 2 rings (SSSR count). The minimum Gasteiger partial charge on any atom is -0.488 e. The zero-order valence-corrected chi connectivity index (χ0v) is 11.5. The maximum absolute atomic E-state index is 12.9. The van der Waals surface area contributed by atoms with Gasteiger partial charge in [-0.05, 0) is 52.7 Å². The standard InChI is InChI=1S/C14H13BrFNO/c1-9-2-5-14(12(15)6-9)18-8-10-3-4-11(16)7-13(10)17/h2-7H,8,17H2,1H3. The third kappa shape index (κ3) is 3.01. The molecule has 2 aromatic rings. The maximum atomic E-state index is 12.9. The molecule has 0 spiro atoms. The van der Waals surface area contributed by atoms with Crippen molar-refractivity contribution in [2.75, 3.05) is 5.73 Å². The highest BCUT2D eigenvalue weighted by Crippen LogP contribution is 2.27. The van der Waals surface area contributed by atoms with Crippen LogP contribution in [0.1, 0.15) is 11.1 Å². The summed E-state index contributed by atoms with van der Waals surface area (Å²) in [5, 5.41) is 0. The third-order valence-electron chi connectivity index (χ3n) is 2.58. The van der Waals surface area contributed by atoms with E-state index >= 15 is 0 Å². The molecule has 0 unspecified atom stereocenters. The van der Waals surface area contributed by atoms with Crippen molar-refractivity contribution < 1.29 is 9.13 Å². The van der Waals surface area contributed by atoms with Gasteiger partial charge in [0.1, 0.15) is 18.2 Å². The molecule has 0 aliphatic carbocycles. The Bertz CT molecular complexity index is 520. The SMILES string of the molecule is Cc1ccc(OCc2ccc(F)cc2N)c(Br)c1. The Balaban J connectivity index is 2.11. The molecular formula is C14H13BrFNO. The second-order valence-corrected chi connectivity index (χ2v) is 4.92. The first-order chi connectivity index (χ1) is 8.56. The molecule has 94 valence electrons. The Morgan fingerprint density at radius 2 is 2.00 bits per heavy atom. The molecule has 18 heavy (non-hydrogen) atoms. The van der Waals surface area contributed by atoms with Gasteiger partial charge in [-0.1, -0.05) is 12.1 Å². The highest BCUT2D eigenvalue weighted by atomic mass is 79.9. The average Bonchev–Trinajstić information content (AvgIpc) is 2.30. The fraction of sp³-hybridized carbons (Fsp3) is 0.143. The van der Waals surface area contributed by atoms with E-state index in [2.05, 4.69) is 15.9 Å². The normalized spacial score (nSPS) is 10.4. The van der Waals surface area contributed by atoms with Crippen molar-refractivity contribution in [3.8, 4) is 5.75 Å². The molecule has 0 saturated heterocycles. The van der Waals surface area contributed by atoms with E-state index in [0.717, 1.165) is 21.3 Å². The molecule has 0 heterocycles. The van der Waals surface area contributed by atoms with Gasteiger partial charge in [-0.2, -0.15) is 0 Å². The average molecular weight is 310 g/mol. The Morgan fingerprint density at radius 1 is 1.22 bits per heavy atom. The number of anilines is 1. The molecule has 0 atom stereocenters. The van der Waals surface area contributed by atoms with E-state index < -0.39 is 0 Å². The van der Waals surface area contributed by atoms with Crippen molar-refractivity contribution in [2.24, 2.45) is 0 Å². The molecule has 0 radical (unpaired) electrons.